The Morgan fingerprint density at radius 1 is 1.33 bits per heavy atom. The molecule has 1 rings (SSSR count). The van der Waals surface area contributed by atoms with Crippen molar-refractivity contribution in [2.24, 2.45) is 5.41 Å². The number of carbonyl (C=O) groups excluding carboxylic acids is 1. The van der Waals surface area contributed by atoms with Crippen LogP contribution in [0.2, 0.25) is 5.02 Å². The topological polar surface area (TPSA) is 38.3 Å². The molecule has 0 aliphatic heterocycles. The highest BCUT2D eigenvalue weighted by atomic mass is 35.5. The molecule has 0 saturated heterocycles. The van der Waals surface area contributed by atoms with Crippen LogP contribution in [0.25, 0.3) is 0 Å². The summed E-state index contributed by atoms with van der Waals surface area (Å²) in [6, 6.07) is 2.67. The Labute approximate surface area is 144 Å². The van der Waals surface area contributed by atoms with Gasteiger partial charge in [-0.05, 0) is 24.6 Å². The highest BCUT2D eigenvalue weighted by molar-refractivity contribution is 6.33. The van der Waals surface area contributed by atoms with Gasteiger partial charge in [-0.15, -0.1) is 0 Å². The van der Waals surface area contributed by atoms with Gasteiger partial charge >= 0.3 is 12.3 Å². The summed E-state index contributed by atoms with van der Waals surface area (Å²) in [4.78, 5) is 11.9. The van der Waals surface area contributed by atoms with Gasteiger partial charge in [0.2, 0.25) is 0 Å². The van der Waals surface area contributed by atoms with Gasteiger partial charge in [0.1, 0.15) is 5.76 Å². The highest BCUT2D eigenvalue weighted by Crippen LogP contribution is 2.35. The van der Waals surface area contributed by atoms with Crippen molar-refractivity contribution < 1.29 is 22.7 Å². The summed E-state index contributed by atoms with van der Waals surface area (Å²) in [5, 5.41) is 2.21. The Bertz CT molecular complexity index is 612. The lowest BCUT2D eigenvalue weighted by atomic mass is 9.85. The van der Waals surface area contributed by atoms with Crippen molar-refractivity contribution in [1.29, 1.82) is 0 Å². The maximum atomic E-state index is 12.7. The smallest absolute Gasteiger partial charge is 0.415 e. The lowest BCUT2D eigenvalue weighted by Gasteiger charge is -2.26. The Kier molecular flexibility index (Phi) is 6.72. The summed E-state index contributed by atoms with van der Waals surface area (Å²) in [5.41, 5.74) is -1.51. The third-order valence-electron chi connectivity index (χ3n) is 3.66. The SMILES string of the molecule is C=C(OC(=O)Nc1cc(C(F)(F)F)ccc1Cl)C(C)(C)CCCC. The molecule has 0 heterocycles. The molecule has 0 fully saturated rings. The van der Waals surface area contributed by atoms with E-state index in [9.17, 15) is 18.0 Å². The number of unbranched alkanes of at least 4 members (excludes halogenated alkanes) is 1. The van der Waals surface area contributed by atoms with Gasteiger partial charge in [-0.2, -0.15) is 13.2 Å². The predicted molar refractivity (Wildman–Crippen MR) is 89.0 cm³/mol. The quantitative estimate of drug-likeness (QED) is 0.575. The van der Waals surface area contributed by atoms with E-state index < -0.39 is 23.2 Å². The van der Waals surface area contributed by atoms with E-state index in [0.717, 1.165) is 37.5 Å². The Hall–Kier alpha value is -1.69. The Balaban J connectivity index is 2.80. The average Bonchev–Trinajstić information content (AvgIpc) is 2.46. The maximum absolute atomic E-state index is 12.7. The number of ether oxygens (including phenoxy) is 1. The van der Waals surface area contributed by atoms with Crippen LogP contribution in [0.1, 0.15) is 45.6 Å². The Morgan fingerprint density at radius 2 is 1.96 bits per heavy atom. The standard InChI is InChI=1S/C17H21ClF3NO2/c1-5-6-9-16(3,4)11(2)24-15(23)22-14-10-12(17(19,20)21)7-8-13(14)18/h7-8,10H,2,5-6,9H2,1,3-4H3,(H,22,23). The number of halogens is 4. The van der Waals surface area contributed by atoms with E-state index in [-0.39, 0.29) is 16.5 Å². The molecule has 0 aromatic heterocycles. The van der Waals surface area contributed by atoms with Crippen LogP contribution in [0.3, 0.4) is 0 Å². The van der Waals surface area contributed by atoms with Crippen LogP contribution in [0, 0.1) is 5.41 Å². The lowest BCUT2D eigenvalue weighted by molar-refractivity contribution is -0.137. The molecule has 7 heteroatoms. The van der Waals surface area contributed by atoms with Crippen molar-refractivity contribution in [2.75, 3.05) is 5.32 Å². The first-order chi connectivity index (χ1) is 11.0. The number of carbonyl (C=O) groups is 1. The van der Waals surface area contributed by atoms with Gasteiger partial charge in [-0.3, -0.25) is 5.32 Å². The van der Waals surface area contributed by atoms with Crippen molar-refractivity contribution in [2.45, 2.75) is 46.2 Å². The first-order valence-corrected chi connectivity index (χ1v) is 7.90. The number of rotatable bonds is 6. The summed E-state index contributed by atoms with van der Waals surface area (Å²) in [7, 11) is 0. The number of nitrogens with one attached hydrogen (secondary N) is 1. The van der Waals surface area contributed by atoms with Crippen molar-refractivity contribution in [3.05, 3.63) is 41.1 Å². The number of benzene rings is 1. The average molecular weight is 364 g/mol. The summed E-state index contributed by atoms with van der Waals surface area (Å²) in [6.45, 7) is 9.56. The molecule has 1 amide bonds. The van der Waals surface area contributed by atoms with Gasteiger partial charge in [0, 0.05) is 5.41 Å². The van der Waals surface area contributed by atoms with E-state index in [1.165, 1.54) is 0 Å². The minimum absolute atomic E-state index is 0.0178. The van der Waals surface area contributed by atoms with E-state index in [4.69, 9.17) is 16.3 Å². The summed E-state index contributed by atoms with van der Waals surface area (Å²) in [6.07, 6.45) is -2.75. The van der Waals surface area contributed by atoms with Crippen LogP contribution in [-0.4, -0.2) is 6.09 Å². The fourth-order valence-corrected chi connectivity index (χ4v) is 2.11. The zero-order valence-corrected chi connectivity index (χ0v) is 14.6. The van der Waals surface area contributed by atoms with Gasteiger partial charge in [-0.1, -0.05) is 51.8 Å². The van der Waals surface area contributed by atoms with Crippen LogP contribution in [-0.2, 0) is 10.9 Å². The largest absolute Gasteiger partial charge is 0.416 e. The van der Waals surface area contributed by atoms with Crippen LogP contribution >= 0.6 is 11.6 Å². The number of alkyl halides is 3. The van der Waals surface area contributed by atoms with E-state index in [1.807, 2.05) is 20.8 Å². The number of amides is 1. The molecule has 3 nitrogen and oxygen atoms in total. The molecule has 0 saturated carbocycles. The monoisotopic (exact) mass is 363 g/mol. The van der Waals surface area contributed by atoms with Crippen molar-refractivity contribution in [3.8, 4) is 0 Å². The zero-order chi connectivity index (χ0) is 18.5. The minimum Gasteiger partial charge on any atom is -0.415 e. The molecule has 1 aromatic carbocycles. The van der Waals surface area contributed by atoms with Crippen LogP contribution in [0.5, 0.6) is 0 Å². The predicted octanol–water partition coefficient (Wildman–Crippen LogP) is 6.64. The van der Waals surface area contributed by atoms with Crippen LogP contribution in [0.15, 0.2) is 30.5 Å². The normalized spacial score (nSPS) is 12.0. The van der Waals surface area contributed by atoms with E-state index in [2.05, 4.69) is 11.9 Å². The van der Waals surface area contributed by atoms with E-state index in [0.29, 0.717) is 0 Å². The molecule has 0 radical (unpaired) electrons. The number of hydrogen-bond acceptors (Lipinski definition) is 2. The summed E-state index contributed by atoms with van der Waals surface area (Å²) >= 11 is 5.83. The van der Waals surface area contributed by atoms with Gasteiger partial charge in [-0.25, -0.2) is 4.79 Å². The molecule has 1 aromatic rings. The molecule has 0 atom stereocenters. The molecule has 24 heavy (non-hydrogen) atoms. The van der Waals surface area contributed by atoms with Gasteiger partial charge in [0.25, 0.3) is 0 Å². The first kappa shape index (κ1) is 20.4. The zero-order valence-electron chi connectivity index (χ0n) is 13.9. The summed E-state index contributed by atoms with van der Waals surface area (Å²) < 4.78 is 43.3. The molecular weight excluding hydrogens is 343 g/mol. The number of anilines is 1. The molecule has 0 aliphatic rings. The minimum atomic E-state index is -4.53. The lowest BCUT2D eigenvalue weighted by Crippen LogP contribution is -2.22. The highest BCUT2D eigenvalue weighted by Gasteiger charge is 2.31. The third-order valence-corrected chi connectivity index (χ3v) is 3.99. The summed E-state index contributed by atoms with van der Waals surface area (Å²) in [5.74, 6) is 0.247. The van der Waals surface area contributed by atoms with Crippen molar-refractivity contribution in [3.63, 3.8) is 0 Å². The molecule has 0 spiro atoms. The van der Waals surface area contributed by atoms with Gasteiger partial charge < -0.3 is 4.74 Å². The fourth-order valence-electron chi connectivity index (χ4n) is 1.94. The molecule has 0 bridgehead atoms. The molecule has 134 valence electrons. The molecular formula is C17H21ClF3NO2. The molecule has 1 N–H and O–H groups in total. The fraction of sp³-hybridized carbons (Fsp3) is 0.471. The Morgan fingerprint density at radius 3 is 2.50 bits per heavy atom. The second kappa shape index (κ2) is 7.92. The molecule has 0 unspecified atom stereocenters. The van der Waals surface area contributed by atoms with E-state index >= 15 is 0 Å². The second-order valence-corrected chi connectivity index (χ2v) is 6.52. The number of hydrogen-bond donors (Lipinski definition) is 1. The second-order valence-electron chi connectivity index (χ2n) is 6.12. The first-order valence-electron chi connectivity index (χ1n) is 7.52. The van der Waals surface area contributed by atoms with Crippen LogP contribution < -0.4 is 5.32 Å². The van der Waals surface area contributed by atoms with Crippen molar-refractivity contribution in [1.82, 2.24) is 0 Å². The third kappa shape index (κ3) is 5.74. The molecule has 0 aliphatic carbocycles. The maximum Gasteiger partial charge on any atom is 0.416 e. The van der Waals surface area contributed by atoms with Crippen molar-refractivity contribution >= 4 is 23.4 Å². The number of allylic oxidation sites excluding steroid dienone is 1. The van der Waals surface area contributed by atoms with E-state index in [1.54, 1.807) is 0 Å². The van der Waals surface area contributed by atoms with Crippen LogP contribution in [0.4, 0.5) is 23.7 Å². The van der Waals surface area contributed by atoms with Gasteiger partial charge in [0.15, 0.2) is 0 Å². The van der Waals surface area contributed by atoms with Gasteiger partial charge in [0.05, 0.1) is 16.3 Å².